The minimum atomic E-state index is -0.111. The fraction of sp³-hybridized carbons (Fsp3) is 0.889. The average molecular weight is 268 g/mol. The maximum absolute atomic E-state index is 9.13. The van der Waals surface area contributed by atoms with Crippen molar-refractivity contribution in [2.45, 2.75) is 103 Å². The summed E-state index contributed by atoms with van der Waals surface area (Å²) in [6.07, 6.45) is 21.5. The predicted molar refractivity (Wildman–Crippen MR) is 86.5 cm³/mol. The maximum Gasteiger partial charge on any atom is 0.0512 e. The minimum Gasteiger partial charge on any atom is -0.393 e. The van der Waals surface area contributed by atoms with Crippen LogP contribution in [0.5, 0.6) is 0 Å². The van der Waals surface area contributed by atoms with Crippen LogP contribution < -0.4 is 0 Å². The van der Waals surface area contributed by atoms with Gasteiger partial charge in [-0.2, -0.15) is 0 Å². The smallest absolute Gasteiger partial charge is 0.0512 e. The van der Waals surface area contributed by atoms with Crippen LogP contribution in [0.1, 0.15) is 97.3 Å². The third-order valence-electron chi connectivity index (χ3n) is 3.63. The Kier molecular flexibility index (Phi) is 15.5. The molecule has 19 heavy (non-hydrogen) atoms. The number of hydrogen-bond acceptors (Lipinski definition) is 1. The number of aliphatic hydroxyl groups excluding tert-OH is 1. The molecule has 0 heterocycles. The van der Waals surface area contributed by atoms with Crippen molar-refractivity contribution >= 4 is 0 Å². The monoisotopic (exact) mass is 268 g/mol. The van der Waals surface area contributed by atoms with Crippen LogP contribution in [0.3, 0.4) is 0 Å². The molecule has 0 spiro atoms. The van der Waals surface area contributed by atoms with Gasteiger partial charge in [0.15, 0.2) is 0 Å². The zero-order chi connectivity index (χ0) is 14.2. The Balaban J connectivity index is 3.04. The first kappa shape index (κ1) is 18.7. The second-order valence-electron chi connectivity index (χ2n) is 5.87. The van der Waals surface area contributed by atoms with Crippen molar-refractivity contribution in [3.05, 3.63) is 12.2 Å². The molecule has 0 aromatic carbocycles. The van der Waals surface area contributed by atoms with E-state index in [1.165, 1.54) is 77.0 Å². The fourth-order valence-corrected chi connectivity index (χ4v) is 2.33. The second-order valence-corrected chi connectivity index (χ2v) is 5.87. The maximum atomic E-state index is 9.13. The van der Waals surface area contributed by atoms with Crippen molar-refractivity contribution in [1.82, 2.24) is 0 Å². The summed E-state index contributed by atoms with van der Waals surface area (Å²) < 4.78 is 0. The van der Waals surface area contributed by atoms with Crippen LogP contribution in [0.2, 0.25) is 0 Å². The largest absolute Gasteiger partial charge is 0.393 e. The molecule has 0 rings (SSSR count). The molecule has 0 radical (unpaired) electrons. The van der Waals surface area contributed by atoms with Crippen molar-refractivity contribution in [2.24, 2.45) is 0 Å². The lowest BCUT2D eigenvalue weighted by molar-refractivity contribution is 0.180. The molecule has 0 saturated heterocycles. The molecule has 0 amide bonds. The van der Waals surface area contributed by atoms with Crippen molar-refractivity contribution in [3.8, 4) is 0 Å². The van der Waals surface area contributed by atoms with Crippen molar-refractivity contribution in [3.63, 3.8) is 0 Å². The van der Waals surface area contributed by atoms with Gasteiger partial charge in [-0.1, -0.05) is 70.4 Å². The van der Waals surface area contributed by atoms with Gasteiger partial charge in [0.1, 0.15) is 0 Å². The van der Waals surface area contributed by atoms with E-state index >= 15 is 0 Å². The normalized spacial score (nSPS) is 13.2. The van der Waals surface area contributed by atoms with Gasteiger partial charge in [-0.05, 0) is 39.0 Å². The molecular formula is C18H36O. The van der Waals surface area contributed by atoms with Crippen molar-refractivity contribution in [1.29, 1.82) is 0 Å². The summed E-state index contributed by atoms with van der Waals surface area (Å²) in [6, 6.07) is 0. The Bertz CT molecular complexity index is 184. The van der Waals surface area contributed by atoms with E-state index in [-0.39, 0.29) is 6.10 Å². The van der Waals surface area contributed by atoms with E-state index in [0.717, 1.165) is 6.42 Å². The lowest BCUT2D eigenvalue weighted by atomic mass is 10.1. The molecular weight excluding hydrogens is 232 g/mol. The van der Waals surface area contributed by atoms with E-state index in [0.29, 0.717) is 0 Å². The number of allylic oxidation sites excluding steroid dienone is 2. The van der Waals surface area contributed by atoms with Gasteiger partial charge in [-0.15, -0.1) is 0 Å². The topological polar surface area (TPSA) is 20.2 Å². The van der Waals surface area contributed by atoms with Gasteiger partial charge in [0, 0.05) is 0 Å². The van der Waals surface area contributed by atoms with E-state index in [2.05, 4.69) is 19.1 Å². The van der Waals surface area contributed by atoms with E-state index in [1.54, 1.807) is 0 Å². The summed E-state index contributed by atoms with van der Waals surface area (Å²) in [6.45, 7) is 4.15. The van der Waals surface area contributed by atoms with Crippen molar-refractivity contribution < 1.29 is 5.11 Å². The number of aliphatic hydroxyl groups is 1. The molecule has 0 bridgehead atoms. The third-order valence-corrected chi connectivity index (χ3v) is 3.63. The van der Waals surface area contributed by atoms with Crippen LogP contribution in [0.25, 0.3) is 0 Å². The van der Waals surface area contributed by atoms with Gasteiger partial charge in [-0.25, -0.2) is 0 Å². The van der Waals surface area contributed by atoms with Gasteiger partial charge in [0.05, 0.1) is 6.10 Å². The summed E-state index contributed by atoms with van der Waals surface area (Å²) in [5.41, 5.74) is 0. The van der Waals surface area contributed by atoms with Crippen LogP contribution in [0.4, 0.5) is 0 Å². The number of unbranched alkanes of at least 4 members (excludes halogenated alkanes) is 10. The lowest BCUT2D eigenvalue weighted by Crippen LogP contribution is -1.98. The molecule has 0 aliphatic rings. The summed E-state index contributed by atoms with van der Waals surface area (Å²) in [4.78, 5) is 0. The van der Waals surface area contributed by atoms with Gasteiger partial charge in [-0.3, -0.25) is 0 Å². The zero-order valence-corrected chi connectivity index (χ0v) is 13.4. The van der Waals surface area contributed by atoms with Crippen LogP contribution in [-0.2, 0) is 0 Å². The first-order chi connectivity index (χ1) is 9.27. The average Bonchev–Trinajstić information content (AvgIpc) is 2.39. The van der Waals surface area contributed by atoms with Crippen LogP contribution in [0.15, 0.2) is 12.2 Å². The molecule has 1 nitrogen and oxygen atoms in total. The molecule has 1 atom stereocenters. The van der Waals surface area contributed by atoms with Crippen LogP contribution in [0, 0.1) is 0 Å². The molecule has 0 aliphatic carbocycles. The molecule has 0 fully saturated rings. The highest BCUT2D eigenvalue weighted by Crippen LogP contribution is 2.10. The molecule has 0 aromatic heterocycles. The molecule has 0 saturated carbocycles. The quantitative estimate of drug-likeness (QED) is 0.302. The van der Waals surface area contributed by atoms with E-state index in [4.69, 9.17) is 5.11 Å². The van der Waals surface area contributed by atoms with Gasteiger partial charge in [0.25, 0.3) is 0 Å². The Morgan fingerprint density at radius 2 is 1.21 bits per heavy atom. The first-order valence-electron chi connectivity index (χ1n) is 8.60. The van der Waals surface area contributed by atoms with Crippen molar-refractivity contribution in [2.75, 3.05) is 0 Å². The highest BCUT2D eigenvalue weighted by Gasteiger charge is 1.95. The van der Waals surface area contributed by atoms with Gasteiger partial charge in [0.2, 0.25) is 0 Å². The highest BCUT2D eigenvalue weighted by atomic mass is 16.3. The standard InChI is InChI=1S/C18H36O/c1-3-4-5-6-7-8-9-10-11-12-13-14-15-16-17-18(2)19/h9-10,18-19H,3-8,11-17H2,1-2H3. The summed E-state index contributed by atoms with van der Waals surface area (Å²) in [5.74, 6) is 0. The molecule has 1 N–H and O–H groups in total. The Hall–Kier alpha value is -0.300. The SMILES string of the molecule is CCCCCCCC=CCCCCCCCC(C)O. The second kappa shape index (κ2) is 15.8. The first-order valence-corrected chi connectivity index (χ1v) is 8.60. The predicted octanol–water partition coefficient (Wildman–Crippen LogP) is 6.01. The number of hydrogen-bond donors (Lipinski definition) is 1. The van der Waals surface area contributed by atoms with Gasteiger partial charge >= 0.3 is 0 Å². The fourth-order valence-electron chi connectivity index (χ4n) is 2.33. The van der Waals surface area contributed by atoms with Crippen LogP contribution in [-0.4, -0.2) is 11.2 Å². The molecule has 1 heteroatoms. The van der Waals surface area contributed by atoms with E-state index in [1.807, 2.05) is 6.92 Å². The lowest BCUT2D eigenvalue weighted by Gasteiger charge is -2.03. The minimum absolute atomic E-state index is 0.111. The van der Waals surface area contributed by atoms with Gasteiger partial charge < -0.3 is 5.11 Å². The van der Waals surface area contributed by atoms with E-state index in [9.17, 15) is 0 Å². The highest BCUT2D eigenvalue weighted by molar-refractivity contribution is 4.81. The van der Waals surface area contributed by atoms with Crippen LogP contribution >= 0.6 is 0 Å². The summed E-state index contributed by atoms with van der Waals surface area (Å²) in [7, 11) is 0. The summed E-state index contributed by atoms with van der Waals surface area (Å²) in [5, 5.41) is 9.13. The zero-order valence-electron chi connectivity index (χ0n) is 13.4. The summed E-state index contributed by atoms with van der Waals surface area (Å²) >= 11 is 0. The molecule has 0 aromatic rings. The molecule has 0 aliphatic heterocycles. The Morgan fingerprint density at radius 3 is 1.74 bits per heavy atom. The van der Waals surface area contributed by atoms with E-state index < -0.39 is 0 Å². The molecule has 114 valence electrons. The Labute approximate surface area is 121 Å². The molecule has 1 unspecified atom stereocenters. The third kappa shape index (κ3) is 17.7. The Morgan fingerprint density at radius 1 is 0.737 bits per heavy atom. The number of rotatable bonds is 14.